The van der Waals surface area contributed by atoms with Crippen LogP contribution in [0.5, 0.6) is 0 Å². The van der Waals surface area contributed by atoms with Crippen molar-refractivity contribution in [3.63, 3.8) is 0 Å². The third kappa shape index (κ3) is 3.02. The first-order chi connectivity index (χ1) is 9.73. The molecule has 0 radical (unpaired) electrons. The van der Waals surface area contributed by atoms with Crippen LogP contribution in [0.25, 0.3) is 0 Å². The Balaban J connectivity index is 2.29. The average Bonchev–Trinajstić information content (AvgIpc) is 2.53. The highest BCUT2D eigenvalue weighted by molar-refractivity contribution is 5.83. The van der Waals surface area contributed by atoms with Crippen molar-refractivity contribution >= 4 is 5.97 Å². The van der Waals surface area contributed by atoms with E-state index in [1.54, 1.807) is 0 Å². The van der Waals surface area contributed by atoms with Crippen LogP contribution in [0, 0.1) is 0 Å². The minimum Gasteiger partial charge on any atom is -0.468 e. The summed E-state index contributed by atoms with van der Waals surface area (Å²) in [5.74, 6) is -0.277. The lowest BCUT2D eigenvalue weighted by Crippen LogP contribution is -2.47. The second-order valence-corrected chi connectivity index (χ2v) is 5.34. The third-order valence-corrected chi connectivity index (χ3v) is 4.10. The van der Waals surface area contributed by atoms with E-state index < -0.39 is 5.41 Å². The zero-order chi connectivity index (χ0) is 14.4. The Hall–Kier alpha value is -1.39. The molecule has 0 saturated carbocycles. The number of nitrogens with two attached hydrogens (primary N) is 1. The quantitative estimate of drug-likeness (QED) is 0.836. The van der Waals surface area contributed by atoms with Crippen LogP contribution in [0.2, 0.25) is 0 Å². The van der Waals surface area contributed by atoms with Crippen molar-refractivity contribution in [1.82, 2.24) is 0 Å². The molecule has 1 aromatic rings. The predicted octanol–water partition coefficient (Wildman–Crippen LogP) is 2.02. The molecule has 20 heavy (non-hydrogen) atoms. The lowest BCUT2D eigenvalue weighted by atomic mass is 9.75. The van der Waals surface area contributed by atoms with Crippen molar-refractivity contribution in [3.8, 4) is 0 Å². The molecule has 2 unspecified atom stereocenters. The Bertz CT molecular complexity index is 429. The first kappa shape index (κ1) is 15.0. The number of ether oxygens (including phenoxy) is 2. The van der Waals surface area contributed by atoms with Crippen LogP contribution in [0.4, 0.5) is 0 Å². The van der Waals surface area contributed by atoms with E-state index in [0.29, 0.717) is 6.42 Å². The Morgan fingerprint density at radius 2 is 2.15 bits per heavy atom. The van der Waals surface area contributed by atoms with Gasteiger partial charge in [-0.05, 0) is 31.2 Å². The minimum atomic E-state index is -0.808. The molecular formula is C16H23NO3. The van der Waals surface area contributed by atoms with Crippen LogP contribution in [0.1, 0.15) is 31.2 Å². The molecule has 0 amide bonds. The summed E-state index contributed by atoms with van der Waals surface area (Å²) >= 11 is 0. The van der Waals surface area contributed by atoms with Gasteiger partial charge in [0.15, 0.2) is 0 Å². The van der Waals surface area contributed by atoms with Gasteiger partial charge in [-0.15, -0.1) is 0 Å². The fraction of sp³-hybridized carbons (Fsp3) is 0.562. The van der Waals surface area contributed by atoms with Gasteiger partial charge in [0.1, 0.15) is 5.41 Å². The molecule has 2 N–H and O–H groups in total. The summed E-state index contributed by atoms with van der Waals surface area (Å²) in [6, 6.07) is 9.65. The SMILES string of the molecule is COC(=O)C(CN)(CC1CCCCO1)c1ccccc1. The van der Waals surface area contributed by atoms with Crippen molar-refractivity contribution in [2.45, 2.75) is 37.2 Å². The first-order valence-corrected chi connectivity index (χ1v) is 7.18. The standard InChI is InChI=1S/C16H23NO3/c1-19-15(18)16(12-17,13-7-3-2-4-8-13)11-14-9-5-6-10-20-14/h2-4,7-8,14H,5-6,9-12,17H2,1H3. The largest absolute Gasteiger partial charge is 0.468 e. The summed E-state index contributed by atoms with van der Waals surface area (Å²) in [6.45, 7) is 0.991. The summed E-state index contributed by atoms with van der Waals surface area (Å²) in [6.07, 6.45) is 3.87. The van der Waals surface area contributed by atoms with Gasteiger partial charge in [0.2, 0.25) is 0 Å². The van der Waals surface area contributed by atoms with E-state index in [9.17, 15) is 4.79 Å². The Morgan fingerprint density at radius 1 is 1.40 bits per heavy atom. The monoisotopic (exact) mass is 277 g/mol. The van der Waals surface area contributed by atoms with Gasteiger partial charge in [0.05, 0.1) is 13.2 Å². The molecule has 0 spiro atoms. The van der Waals surface area contributed by atoms with E-state index in [0.717, 1.165) is 31.4 Å². The molecule has 1 fully saturated rings. The van der Waals surface area contributed by atoms with Gasteiger partial charge in [-0.1, -0.05) is 30.3 Å². The molecular weight excluding hydrogens is 254 g/mol. The number of rotatable bonds is 5. The van der Waals surface area contributed by atoms with Gasteiger partial charge in [0.25, 0.3) is 0 Å². The van der Waals surface area contributed by atoms with Crippen molar-refractivity contribution in [1.29, 1.82) is 0 Å². The van der Waals surface area contributed by atoms with E-state index in [4.69, 9.17) is 15.2 Å². The normalized spacial score (nSPS) is 22.0. The molecule has 1 aliphatic heterocycles. The highest BCUT2D eigenvalue weighted by Crippen LogP contribution is 2.33. The molecule has 1 saturated heterocycles. The summed E-state index contributed by atoms with van der Waals surface area (Å²) in [4.78, 5) is 12.4. The fourth-order valence-corrected chi connectivity index (χ4v) is 2.91. The lowest BCUT2D eigenvalue weighted by Gasteiger charge is -2.35. The van der Waals surface area contributed by atoms with Crippen LogP contribution in [0.15, 0.2) is 30.3 Å². The van der Waals surface area contributed by atoms with Crippen molar-refractivity contribution < 1.29 is 14.3 Å². The number of benzene rings is 1. The Morgan fingerprint density at radius 3 is 2.70 bits per heavy atom. The van der Waals surface area contributed by atoms with Gasteiger partial charge < -0.3 is 15.2 Å². The van der Waals surface area contributed by atoms with Gasteiger partial charge in [-0.25, -0.2) is 0 Å². The van der Waals surface area contributed by atoms with Gasteiger partial charge in [-0.3, -0.25) is 4.79 Å². The second kappa shape index (κ2) is 6.86. The molecule has 4 heteroatoms. The topological polar surface area (TPSA) is 61.5 Å². The molecule has 2 rings (SSSR count). The number of carbonyl (C=O) groups is 1. The highest BCUT2D eigenvalue weighted by atomic mass is 16.5. The molecule has 1 heterocycles. The predicted molar refractivity (Wildman–Crippen MR) is 77.4 cm³/mol. The van der Waals surface area contributed by atoms with Crippen molar-refractivity contribution in [2.75, 3.05) is 20.3 Å². The molecule has 2 atom stereocenters. The number of hydrogen-bond acceptors (Lipinski definition) is 4. The van der Waals surface area contributed by atoms with E-state index >= 15 is 0 Å². The number of esters is 1. The molecule has 0 aliphatic carbocycles. The first-order valence-electron chi connectivity index (χ1n) is 7.18. The van der Waals surface area contributed by atoms with Crippen LogP contribution < -0.4 is 5.73 Å². The summed E-state index contributed by atoms with van der Waals surface area (Å²) in [5, 5.41) is 0. The summed E-state index contributed by atoms with van der Waals surface area (Å²) in [5.41, 5.74) is 6.08. The van der Waals surface area contributed by atoms with E-state index in [-0.39, 0.29) is 18.6 Å². The molecule has 1 aliphatic rings. The van der Waals surface area contributed by atoms with Crippen molar-refractivity contribution in [2.24, 2.45) is 5.73 Å². The maximum atomic E-state index is 12.4. The van der Waals surface area contributed by atoms with Crippen LogP contribution in [-0.4, -0.2) is 32.3 Å². The van der Waals surface area contributed by atoms with Crippen LogP contribution in [0.3, 0.4) is 0 Å². The van der Waals surface area contributed by atoms with Crippen LogP contribution in [-0.2, 0) is 19.7 Å². The Kier molecular flexibility index (Phi) is 5.15. The van der Waals surface area contributed by atoms with Gasteiger partial charge >= 0.3 is 5.97 Å². The second-order valence-electron chi connectivity index (χ2n) is 5.34. The van der Waals surface area contributed by atoms with Crippen LogP contribution >= 0.6 is 0 Å². The molecule has 110 valence electrons. The highest BCUT2D eigenvalue weighted by Gasteiger charge is 2.42. The van der Waals surface area contributed by atoms with Gasteiger partial charge in [0, 0.05) is 13.2 Å². The fourth-order valence-electron chi connectivity index (χ4n) is 2.91. The number of methoxy groups -OCH3 is 1. The summed E-state index contributed by atoms with van der Waals surface area (Å²) < 4.78 is 10.8. The molecule has 1 aromatic carbocycles. The zero-order valence-electron chi connectivity index (χ0n) is 12.0. The smallest absolute Gasteiger partial charge is 0.317 e. The Labute approximate surface area is 120 Å². The maximum Gasteiger partial charge on any atom is 0.317 e. The molecule has 4 nitrogen and oxygen atoms in total. The van der Waals surface area contributed by atoms with E-state index in [1.807, 2.05) is 30.3 Å². The van der Waals surface area contributed by atoms with E-state index in [1.165, 1.54) is 7.11 Å². The molecule has 0 aromatic heterocycles. The number of hydrogen-bond donors (Lipinski definition) is 1. The third-order valence-electron chi connectivity index (χ3n) is 4.10. The minimum absolute atomic E-state index is 0.0756. The average molecular weight is 277 g/mol. The zero-order valence-corrected chi connectivity index (χ0v) is 12.0. The lowest BCUT2D eigenvalue weighted by molar-refractivity contribution is -0.149. The maximum absolute atomic E-state index is 12.4. The van der Waals surface area contributed by atoms with Gasteiger partial charge in [-0.2, -0.15) is 0 Å². The van der Waals surface area contributed by atoms with E-state index in [2.05, 4.69) is 0 Å². The summed E-state index contributed by atoms with van der Waals surface area (Å²) in [7, 11) is 1.41. The molecule has 0 bridgehead atoms. The van der Waals surface area contributed by atoms with Crippen molar-refractivity contribution in [3.05, 3.63) is 35.9 Å². The number of carbonyl (C=O) groups excluding carboxylic acids is 1.